The highest BCUT2D eigenvalue weighted by Crippen LogP contribution is 2.11. The van der Waals surface area contributed by atoms with Crippen LogP contribution >= 0.6 is 0 Å². The van der Waals surface area contributed by atoms with Gasteiger partial charge in [0.25, 0.3) is 0 Å². The number of carbonyl (C=O) groups is 2. The van der Waals surface area contributed by atoms with Crippen LogP contribution in [0.1, 0.15) is 13.3 Å². The molecule has 21 heavy (non-hydrogen) atoms. The Labute approximate surface area is 122 Å². The summed E-state index contributed by atoms with van der Waals surface area (Å²) in [6.45, 7) is 0.545. The van der Waals surface area contributed by atoms with Crippen LogP contribution in [0, 0.1) is 0 Å². The number of carbonyl (C=O) groups excluding carboxylic acids is 1. The van der Waals surface area contributed by atoms with Gasteiger partial charge in [-0.1, -0.05) is 18.2 Å². The highest BCUT2D eigenvalue weighted by Gasteiger charge is 2.30. The topological polar surface area (TPSA) is 121 Å². The number of amides is 1. The van der Waals surface area contributed by atoms with E-state index in [-0.39, 0.29) is 11.3 Å². The second-order valence-electron chi connectivity index (χ2n) is 4.74. The van der Waals surface area contributed by atoms with Crippen LogP contribution in [-0.4, -0.2) is 48.4 Å². The largest absolute Gasteiger partial charge is 0.479 e. The van der Waals surface area contributed by atoms with Crippen LogP contribution in [0.3, 0.4) is 0 Å². The maximum absolute atomic E-state index is 11.9. The minimum absolute atomic E-state index is 0.121. The summed E-state index contributed by atoms with van der Waals surface area (Å²) in [4.78, 5) is 22.3. The summed E-state index contributed by atoms with van der Waals surface area (Å²) in [5.41, 5.74) is -2.09. The molecule has 1 aromatic carbocycles. The lowest BCUT2D eigenvalue weighted by molar-refractivity contribution is -0.156. The molecule has 0 heterocycles. The normalized spacial score (nSPS) is 14.2. The van der Waals surface area contributed by atoms with Crippen molar-refractivity contribution in [3.05, 3.63) is 30.3 Å². The quantitative estimate of drug-likeness (QED) is 0.641. The minimum atomic E-state index is -3.57. The Balaban J connectivity index is 2.52. The van der Waals surface area contributed by atoms with Gasteiger partial charge in [-0.3, -0.25) is 4.79 Å². The molecule has 0 fully saturated rings. The number of hydrogen-bond acceptors (Lipinski definition) is 5. The SMILES string of the molecule is CC(O)(CNC(=O)CCS(=O)(=O)c1ccccc1)C(=O)O. The van der Waals surface area contributed by atoms with Crippen LogP contribution in [-0.2, 0) is 19.4 Å². The second kappa shape index (κ2) is 6.68. The van der Waals surface area contributed by atoms with Crippen molar-refractivity contribution in [2.24, 2.45) is 0 Å². The molecule has 1 unspecified atom stereocenters. The van der Waals surface area contributed by atoms with Gasteiger partial charge in [0.1, 0.15) is 0 Å². The standard InChI is InChI=1S/C13H17NO6S/c1-13(18,12(16)17)9-14-11(15)7-8-21(19,20)10-5-3-2-4-6-10/h2-6,18H,7-9H2,1H3,(H,14,15)(H,16,17). The van der Waals surface area contributed by atoms with Crippen LogP contribution in [0.25, 0.3) is 0 Å². The molecule has 7 nitrogen and oxygen atoms in total. The summed E-state index contributed by atoms with van der Waals surface area (Å²) in [7, 11) is -3.57. The first kappa shape index (κ1) is 17.1. The minimum Gasteiger partial charge on any atom is -0.479 e. The average molecular weight is 315 g/mol. The first-order chi connectivity index (χ1) is 9.65. The fraction of sp³-hybridized carbons (Fsp3) is 0.385. The van der Waals surface area contributed by atoms with E-state index >= 15 is 0 Å². The third-order valence-electron chi connectivity index (χ3n) is 2.79. The van der Waals surface area contributed by atoms with Gasteiger partial charge in [0.2, 0.25) is 5.91 Å². The van der Waals surface area contributed by atoms with Crippen molar-refractivity contribution in [3.63, 3.8) is 0 Å². The smallest absolute Gasteiger partial charge is 0.337 e. The third-order valence-corrected chi connectivity index (χ3v) is 4.52. The first-order valence-electron chi connectivity index (χ1n) is 6.15. The lowest BCUT2D eigenvalue weighted by Gasteiger charge is -2.18. The number of nitrogens with one attached hydrogen (secondary N) is 1. The molecular weight excluding hydrogens is 298 g/mol. The van der Waals surface area contributed by atoms with E-state index in [0.717, 1.165) is 6.92 Å². The first-order valence-corrected chi connectivity index (χ1v) is 7.81. The predicted molar refractivity (Wildman–Crippen MR) is 74.4 cm³/mol. The van der Waals surface area contributed by atoms with Crippen LogP contribution < -0.4 is 5.32 Å². The van der Waals surface area contributed by atoms with Gasteiger partial charge in [-0.15, -0.1) is 0 Å². The van der Waals surface area contributed by atoms with Crippen molar-refractivity contribution in [1.82, 2.24) is 5.32 Å². The van der Waals surface area contributed by atoms with Gasteiger partial charge in [-0.05, 0) is 19.1 Å². The second-order valence-corrected chi connectivity index (χ2v) is 6.85. The zero-order chi connectivity index (χ0) is 16.1. The zero-order valence-corrected chi connectivity index (χ0v) is 12.3. The third kappa shape index (κ3) is 5.16. The van der Waals surface area contributed by atoms with Crippen molar-refractivity contribution < 1.29 is 28.2 Å². The molecule has 1 amide bonds. The molecule has 1 atom stereocenters. The molecule has 1 aromatic rings. The van der Waals surface area contributed by atoms with Gasteiger partial charge in [-0.25, -0.2) is 13.2 Å². The molecule has 0 aliphatic carbocycles. The van der Waals surface area contributed by atoms with E-state index in [1.807, 2.05) is 0 Å². The maximum atomic E-state index is 11.9. The van der Waals surface area contributed by atoms with Crippen LogP contribution in [0.5, 0.6) is 0 Å². The monoisotopic (exact) mass is 315 g/mol. The summed E-state index contributed by atoms with van der Waals surface area (Å²) in [6.07, 6.45) is -0.313. The number of carboxylic acid groups (broad SMARTS) is 1. The number of benzene rings is 1. The van der Waals surface area contributed by atoms with E-state index in [9.17, 15) is 23.1 Å². The van der Waals surface area contributed by atoms with Gasteiger partial charge in [0, 0.05) is 6.42 Å². The Morgan fingerprint density at radius 1 is 1.24 bits per heavy atom. The summed E-state index contributed by atoms with van der Waals surface area (Å²) >= 11 is 0. The molecule has 0 spiro atoms. The molecule has 0 radical (unpaired) electrons. The highest BCUT2D eigenvalue weighted by atomic mass is 32.2. The number of hydrogen-bond donors (Lipinski definition) is 3. The number of sulfone groups is 1. The fourth-order valence-corrected chi connectivity index (χ4v) is 2.67. The van der Waals surface area contributed by atoms with Gasteiger partial charge < -0.3 is 15.5 Å². The lowest BCUT2D eigenvalue weighted by Crippen LogP contribution is -2.46. The zero-order valence-electron chi connectivity index (χ0n) is 11.4. The molecule has 8 heteroatoms. The highest BCUT2D eigenvalue weighted by molar-refractivity contribution is 7.91. The van der Waals surface area contributed by atoms with Crippen molar-refractivity contribution in [2.45, 2.75) is 23.8 Å². The van der Waals surface area contributed by atoms with Crippen molar-refractivity contribution in [3.8, 4) is 0 Å². The number of aliphatic carboxylic acids is 1. The average Bonchev–Trinajstić information content (AvgIpc) is 2.44. The molecule has 116 valence electrons. The van der Waals surface area contributed by atoms with E-state index < -0.39 is 39.6 Å². The molecule has 0 aliphatic rings. The summed E-state index contributed by atoms with van der Waals surface area (Å²) in [5.74, 6) is -2.51. The van der Waals surface area contributed by atoms with E-state index in [4.69, 9.17) is 5.11 Å². The molecule has 0 aliphatic heterocycles. The van der Waals surface area contributed by atoms with Crippen LogP contribution in [0.2, 0.25) is 0 Å². The lowest BCUT2D eigenvalue weighted by atomic mass is 10.1. The summed E-state index contributed by atoms with van der Waals surface area (Å²) in [5, 5.41) is 20.3. The molecular formula is C13H17NO6S. The Morgan fingerprint density at radius 2 is 1.81 bits per heavy atom. The molecule has 1 rings (SSSR count). The summed E-state index contributed by atoms with van der Waals surface area (Å²) < 4.78 is 23.8. The Hall–Kier alpha value is -1.93. The summed E-state index contributed by atoms with van der Waals surface area (Å²) in [6, 6.07) is 7.71. The van der Waals surface area contributed by atoms with E-state index in [1.165, 1.54) is 12.1 Å². The van der Waals surface area contributed by atoms with Crippen molar-refractivity contribution in [2.75, 3.05) is 12.3 Å². The molecule has 0 aromatic heterocycles. The Morgan fingerprint density at radius 3 is 2.33 bits per heavy atom. The van der Waals surface area contributed by atoms with E-state index in [0.29, 0.717) is 0 Å². The molecule has 0 bridgehead atoms. The van der Waals surface area contributed by atoms with Crippen LogP contribution in [0.15, 0.2) is 35.2 Å². The molecule has 3 N–H and O–H groups in total. The van der Waals surface area contributed by atoms with E-state index in [2.05, 4.69) is 5.32 Å². The Bertz CT molecular complexity index is 609. The Kier molecular flexibility index (Phi) is 5.45. The van der Waals surface area contributed by atoms with Crippen molar-refractivity contribution in [1.29, 1.82) is 0 Å². The van der Waals surface area contributed by atoms with Gasteiger partial charge in [0.05, 0.1) is 17.2 Å². The number of aliphatic hydroxyl groups is 1. The van der Waals surface area contributed by atoms with Crippen molar-refractivity contribution >= 4 is 21.7 Å². The molecule has 0 saturated carbocycles. The predicted octanol–water partition coefficient (Wildman–Crippen LogP) is -0.198. The molecule has 0 saturated heterocycles. The number of carboxylic acids is 1. The number of rotatable bonds is 7. The van der Waals surface area contributed by atoms with E-state index in [1.54, 1.807) is 18.2 Å². The van der Waals surface area contributed by atoms with Gasteiger partial charge in [0.15, 0.2) is 15.4 Å². The maximum Gasteiger partial charge on any atom is 0.337 e. The van der Waals surface area contributed by atoms with Crippen LogP contribution in [0.4, 0.5) is 0 Å². The van der Waals surface area contributed by atoms with Gasteiger partial charge in [-0.2, -0.15) is 0 Å². The fourth-order valence-electron chi connectivity index (χ4n) is 1.41. The van der Waals surface area contributed by atoms with Gasteiger partial charge >= 0.3 is 5.97 Å².